The van der Waals surface area contributed by atoms with Gasteiger partial charge in [0.25, 0.3) is 5.56 Å². The first-order valence-electron chi connectivity index (χ1n) is 5.01. The number of aryl methyl sites for hydroxylation is 1. The average molecular weight is 283 g/mol. The van der Waals surface area contributed by atoms with Crippen LogP contribution in [0.2, 0.25) is 4.34 Å². The molecule has 0 saturated heterocycles. The van der Waals surface area contributed by atoms with Crippen LogP contribution in [0.15, 0.2) is 17.2 Å². The molecule has 0 atom stereocenters. The smallest absolute Gasteiger partial charge is 0.267 e. The molecule has 3 aromatic heterocycles. The minimum Gasteiger partial charge on any atom is -0.267 e. The topological polar surface area (TPSA) is 78.5 Å². The van der Waals surface area contributed by atoms with Gasteiger partial charge in [-0.2, -0.15) is 5.10 Å². The van der Waals surface area contributed by atoms with Crippen molar-refractivity contribution in [2.24, 2.45) is 7.05 Å². The number of rotatable bonds is 2. The van der Waals surface area contributed by atoms with Gasteiger partial charge in [-0.25, -0.2) is 14.3 Å². The van der Waals surface area contributed by atoms with Gasteiger partial charge in [0.15, 0.2) is 5.65 Å². The third kappa shape index (κ3) is 1.79. The van der Waals surface area contributed by atoms with Crippen molar-refractivity contribution in [3.63, 3.8) is 0 Å². The monoisotopic (exact) mass is 282 g/mol. The highest BCUT2D eigenvalue weighted by Gasteiger charge is 2.11. The summed E-state index contributed by atoms with van der Waals surface area (Å²) in [4.78, 5) is 16.2. The Hall–Kier alpha value is -1.80. The molecule has 0 aliphatic heterocycles. The normalized spacial score (nSPS) is 11.2. The van der Waals surface area contributed by atoms with Crippen LogP contribution in [0.3, 0.4) is 0 Å². The Kier molecular flexibility index (Phi) is 2.60. The molecule has 3 rings (SSSR count). The van der Waals surface area contributed by atoms with Crippen molar-refractivity contribution in [1.29, 1.82) is 0 Å². The van der Waals surface area contributed by atoms with Gasteiger partial charge in [-0.1, -0.05) is 16.8 Å². The molecular formula is C9H7ClN6OS. The molecule has 0 amide bonds. The van der Waals surface area contributed by atoms with Crippen LogP contribution >= 0.6 is 22.9 Å². The average Bonchev–Trinajstić information content (AvgIpc) is 2.91. The van der Waals surface area contributed by atoms with E-state index in [0.29, 0.717) is 20.4 Å². The Morgan fingerprint density at radius 3 is 3.00 bits per heavy atom. The predicted octanol–water partition coefficient (Wildman–Crippen LogP) is 0.683. The lowest BCUT2D eigenvalue weighted by molar-refractivity contribution is 0.593. The van der Waals surface area contributed by atoms with Gasteiger partial charge in [-0.3, -0.25) is 4.79 Å². The van der Waals surface area contributed by atoms with Crippen molar-refractivity contribution < 1.29 is 0 Å². The number of aromatic nitrogens is 6. The zero-order valence-electron chi connectivity index (χ0n) is 9.24. The fourth-order valence-corrected chi connectivity index (χ4v) is 2.51. The third-order valence-corrected chi connectivity index (χ3v) is 3.53. The third-order valence-electron chi connectivity index (χ3n) is 2.43. The van der Waals surface area contributed by atoms with Gasteiger partial charge >= 0.3 is 0 Å². The predicted molar refractivity (Wildman–Crippen MR) is 66.8 cm³/mol. The maximum atomic E-state index is 12.1. The molecule has 9 heteroatoms. The quantitative estimate of drug-likeness (QED) is 0.691. The van der Waals surface area contributed by atoms with Crippen molar-refractivity contribution in [1.82, 2.24) is 29.8 Å². The van der Waals surface area contributed by atoms with E-state index < -0.39 is 0 Å². The van der Waals surface area contributed by atoms with Gasteiger partial charge in [0.05, 0.1) is 18.9 Å². The minimum absolute atomic E-state index is 0.237. The minimum atomic E-state index is -0.237. The number of thiazole rings is 1. The molecule has 0 unspecified atom stereocenters. The summed E-state index contributed by atoms with van der Waals surface area (Å²) in [5, 5.41) is 12.9. The van der Waals surface area contributed by atoms with Gasteiger partial charge in [0.1, 0.15) is 14.7 Å². The summed E-state index contributed by atoms with van der Waals surface area (Å²) in [5.41, 5.74) is 0.229. The van der Waals surface area contributed by atoms with Crippen LogP contribution in [0.5, 0.6) is 0 Å². The second-order valence-corrected chi connectivity index (χ2v) is 5.36. The number of halogens is 1. The van der Waals surface area contributed by atoms with Crippen molar-refractivity contribution in [3.05, 3.63) is 32.1 Å². The molecule has 0 fully saturated rings. The lowest BCUT2D eigenvalue weighted by Crippen LogP contribution is -2.24. The van der Waals surface area contributed by atoms with E-state index in [-0.39, 0.29) is 12.1 Å². The van der Waals surface area contributed by atoms with Crippen LogP contribution in [0.4, 0.5) is 0 Å². The Balaban J connectivity index is 2.07. The van der Waals surface area contributed by atoms with Crippen molar-refractivity contribution >= 4 is 34.0 Å². The van der Waals surface area contributed by atoms with Crippen LogP contribution in [0.1, 0.15) is 5.01 Å². The lowest BCUT2D eigenvalue weighted by Gasteiger charge is -2.00. The number of hydrogen-bond acceptors (Lipinski definition) is 6. The highest BCUT2D eigenvalue weighted by molar-refractivity contribution is 7.15. The van der Waals surface area contributed by atoms with E-state index in [1.807, 2.05) is 0 Å². The van der Waals surface area contributed by atoms with Crippen molar-refractivity contribution in [2.45, 2.75) is 6.54 Å². The Morgan fingerprint density at radius 2 is 2.28 bits per heavy atom. The van der Waals surface area contributed by atoms with E-state index in [0.717, 1.165) is 0 Å². The number of hydrogen-bond donors (Lipinski definition) is 0. The van der Waals surface area contributed by atoms with Gasteiger partial charge in [0, 0.05) is 7.05 Å². The summed E-state index contributed by atoms with van der Waals surface area (Å²) in [6.45, 7) is 0.258. The first kappa shape index (κ1) is 11.3. The van der Waals surface area contributed by atoms with Gasteiger partial charge in [-0.15, -0.1) is 16.4 Å². The molecule has 0 bridgehead atoms. The molecule has 0 aromatic carbocycles. The molecule has 3 aromatic rings. The van der Waals surface area contributed by atoms with Crippen LogP contribution in [-0.2, 0) is 13.6 Å². The van der Waals surface area contributed by atoms with E-state index >= 15 is 0 Å². The Labute approximate surface area is 110 Å². The number of nitrogens with zero attached hydrogens (tertiary/aromatic N) is 6. The molecule has 0 N–H and O–H groups in total. The molecule has 0 radical (unpaired) electrons. The highest BCUT2D eigenvalue weighted by atomic mass is 35.5. The molecular weight excluding hydrogens is 276 g/mol. The second-order valence-electron chi connectivity index (χ2n) is 3.62. The summed E-state index contributed by atoms with van der Waals surface area (Å²) in [6, 6.07) is 0. The number of fused-ring (bicyclic) bond motifs is 1. The SMILES string of the molecule is Cn1ncc2c(=O)n(Cc3ncc(Cl)s3)nnc21. The summed E-state index contributed by atoms with van der Waals surface area (Å²) >= 11 is 7.09. The molecule has 0 aliphatic carbocycles. The lowest BCUT2D eigenvalue weighted by atomic mass is 10.4. The first-order valence-corrected chi connectivity index (χ1v) is 6.20. The zero-order valence-corrected chi connectivity index (χ0v) is 10.8. The molecule has 0 aliphatic rings. The molecule has 7 nitrogen and oxygen atoms in total. The summed E-state index contributed by atoms with van der Waals surface area (Å²) < 4.78 is 3.33. The first-order chi connectivity index (χ1) is 8.65. The van der Waals surface area contributed by atoms with E-state index in [9.17, 15) is 4.79 Å². The maximum Gasteiger partial charge on any atom is 0.281 e. The van der Waals surface area contributed by atoms with Gasteiger partial charge in [-0.05, 0) is 0 Å². The highest BCUT2D eigenvalue weighted by Crippen LogP contribution is 2.18. The fourth-order valence-electron chi connectivity index (χ4n) is 1.57. The van der Waals surface area contributed by atoms with Crippen molar-refractivity contribution in [3.8, 4) is 0 Å². The standard InChI is InChI=1S/C9H7ClN6OS/c1-15-8-5(2-12-15)9(17)16(14-13-8)4-7-11-3-6(10)18-7/h2-3H,4H2,1H3. The van der Waals surface area contributed by atoms with Gasteiger partial charge in [0.2, 0.25) is 0 Å². The van der Waals surface area contributed by atoms with Crippen LogP contribution < -0.4 is 5.56 Å². The van der Waals surface area contributed by atoms with Gasteiger partial charge < -0.3 is 0 Å². The molecule has 3 heterocycles. The maximum absolute atomic E-state index is 12.1. The largest absolute Gasteiger partial charge is 0.281 e. The molecule has 0 spiro atoms. The van der Waals surface area contributed by atoms with Crippen LogP contribution in [0.25, 0.3) is 11.0 Å². The second kappa shape index (κ2) is 4.14. The van der Waals surface area contributed by atoms with Crippen molar-refractivity contribution in [2.75, 3.05) is 0 Å². The Bertz CT molecular complexity index is 775. The van der Waals surface area contributed by atoms with E-state index in [1.54, 1.807) is 13.2 Å². The Morgan fingerprint density at radius 1 is 1.44 bits per heavy atom. The van der Waals surface area contributed by atoms with E-state index in [2.05, 4.69) is 20.4 Å². The van der Waals surface area contributed by atoms with E-state index in [4.69, 9.17) is 11.6 Å². The molecule has 92 valence electrons. The summed E-state index contributed by atoms with van der Waals surface area (Å²) in [6.07, 6.45) is 3.03. The van der Waals surface area contributed by atoms with E-state index in [1.165, 1.54) is 26.9 Å². The molecule has 18 heavy (non-hydrogen) atoms. The summed E-state index contributed by atoms with van der Waals surface area (Å²) in [7, 11) is 1.71. The fraction of sp³-hybridized carbons (Fsp3) is 0.222. The molecule has 0 saturated carbocycles. The zero-order chi connectivity index (χ0) is 12.7. The summed E-state index contributed by atoms with van der Waals surface area (Å²) in [5.74, 6) is 0. The van der Waals surface area contributed by atoms with Crippen LogP contribution in [-0.4, -0.2) is 29.8 Å². The van der Waals surface area contributed by atoms with Crippen LogP contribution in [0, 0.1) is 0 Å².